The van der Waals surface area contributed by atoms with Gasteiger partial charge in [-0.2, -0.15) is 0 Å². The Morgan fingerprint density at radius 2 is 1.92 bits per heavy atom. The molecular formula is C18H24N4O2S. The summed E-state index contributed by atoms with van der Waals surface area (Å²) in [6, 6.07) is 7.10. The summed E-state index contributed by atoms with van der Waals surface area (Å²) in [4.78, 5) is 12.4. The maximum Gasteiger partial charge on any atom is 0.248 e. The van der Waals surface area contributed by atoms with Crippen molar-refractivity contribution in [2.75, 3.05) is 17.7 Å². The van der Waals surface area contributed by atoms with Gasteiger partial charge in [-0.3, -0.25) is 10.1 Å². The van der Waals surface area contributed by atoms with Crippen molar-refractivity contribution in [2.24, 2.45) is 0 Å². The van der Waals surface area contributed by atoms with E-state index < -0.39 is 0 Å². The Kier molecular flexibility index (Phi) is 5.86. The third-order valence-corrected chi connectivity index (χ3v) is 5.49. The van der Waals surface area contributed by atoms with Crippen molar-refractivity contribution in [1.29, 1.82) is 0 Å². The Bertz CT molecular complexity index is 695. The van der Waals surface area contributed by atoms with E-state index in [2.05, 4.69) is 20.8 Å². The van der Waals surface area contributed by atoms with Crippen molar-refractivity contribution in [2.45, 2.75) is 51.0 Å². The number of rotatable bonds is 6. The normalized spacial score (nSPS) is 16.2. The molecular weight excluding hydrogens is 336 g/mol. The van der Waals surface area contributed by atoms with Crippen molar-refractivity contribution >= 4 is 28.1 Å². The molecule has 1 aromatic heterocycles. The quantitative estimate of drug-likeness (QED) is 0.813. The maximum atomic E-state index is 12.4. The highest BCUT2D eigenvalue weighted by molar-refractivity contribution is 7.15. The number of nitrogens with one attached hydrogen (secondary N) is 2. The number of ether oxygens (including phenoxy) is 1. The van der Waals surface area contributed by atoms with Crippen LogP contribution in [0.3, 0.4) is 0 Å². The van der Waals surface area contributed by atoms with Gasteiger partial charge in [0.1, 0.15) is 16.8 Å². The Hall–Kier alpha value is -2.15. The van der Waals surface area contributed by atoms with Gasteiger partial charge < -0.3 is 10.1 Å². The molecule has 2 N–H and O–H groups in total. The van der Waals surface area contributed by atoms with Crippen LogP contribution in [0.2, 0.25) is 0 Å². The number of carbonyl (C=O) groups excluding carboxylic acids is 1. The lowest BCUT2D eigenvalue weighted by molar-refractivity contribution is -0.116. The second-order valence-electron chi connectivity index (χ2n) is 6.36. The minimum Gasteiger partial charge on any atom is -0.497 e. The van der Waals surface area contributed by atoms with Gasteiger partial charge in [0.05, 0.1) is 7.11 Å². The second kappa shape index (κ2) is 8.29. The van der Waals surface area contributed by atoms with Crippen LogP contribution in [0.25, 0.3) is 0 Å². The number of amides is 1. The molecule has 1 unspecified atom stereocenters. The molecule has 3 rings (SSSR count). The highest BCUT2D eigenvalue weighted by Gasteiger charge is 2.21. The summed E-state index contributed by atoms with van der Waals surface area (Å²) in [5.74, 6) is 1.17. The molecule has 25 heavy (non-hydrogen) atoms. The van der Waals surface area contributed by atoms with E-state index in [0.29, 0.717) is 11.0 Å². The van der Waals surface area contributed by atoms with Crippen LogP contribution in [0.1, 0.15) is 50.0 Å². The second-order valence-corrected chi connectivity index (χ2v) is 7.37. The monoisotopic (exact) mass is 360 g/mol. The summed E-state index contributed by atoms with van der Waals surface area (Å²) in [7, 11) is 1.63. The lowest BCUT2D eigenvalue weighted by Gasteiger charge is -2.18. The molecule has 0 radical (unpaired) electrons. The molecule has 1 saturated carbocycles. The van der Waals surface area contributed by atoms with E-state index in [9.17, 15) is 4.79 Å². The van der Waals surface area contributed by atoms with Gasteiger partial charge >= 0.3 is 0 Å². The van der Waals surface area contributed by atoms with Crippen LogP contribution in [0.15, 0.2) is 24.3 Å². The van der Waals surface area contributed by atoms with Gasteiger partial charge in [-0.25, -0.2) is 0 Å². The first-order chi connectivity index (χ1) is 12.2. The lowest BCUT2D eigenvalue weighted by atomic mass is 9.90. The van der Waals surface area contributed by atoms with E-state index in [1.807, 2.05) is 31.2 Å². The molecule has 1 aromatic carbocycles. The zero-order valence-corrected chi connectivity index (χ0v) is 15.4. The topological polar surface area (TPSA) is 76.1 Å². The first-order valence-corrected chi connectivity index (χ1v) is 9.52. The van der Waals surface area contributed by atoms with E-state index in [4.69, 9.17) is 4.74 Å². The van der Waals surface area contributed by atoms with Crippen LogP contribution in [0.5, 0.6) is 5.75 Å². The van der Waals surface area contributed by atoms with Crippen molar-refractivity contribution in [3.8, 4) is 5.75 Å². The average molecular weight is 360 g/mol. The van der Waals surface area contributed by atoms with E-state index in [1.165, 1.54) is 43.4 Å². The number of aromatic nitrogens is 2. The van der Waals surface area contributed by atoms with Gasteiger partial charge in [0.15, 0.2) is 0 Å². The van der Waals surface area contributed by atoms with Crippen molar-refractivity contribution in [1.82, 2.24) is 10.2 Å². The van der Waals surface area contributed by atoms with Crippen molar-refractivity contribution < 1.29 is 9.53 Å². The Morgan fingerprint density at radius 3 is 2.60 bits per heavy atom. The van der Waals surface area contributed by atoms with Crippen LogP contribution in [-0.4, -0.2) is 29.3 Å². The minimum absolute atomic E-state index is 0.123. The molecule has 1 heterocycles. The molecule has 1 fully saturated rings. The summed E-state index contributed by atoms with van der Waals surface area (Å²) < 4.78 is 5.13. The van der Waals surface area contributed by atoms with E-state index in [-0.39, 0.29) is 11.9 Å². The van der Waals surface area contributed by atoms with Gasteiger partial charge in [0.25, 0.3) is 0 Å². The summed E-state index contributed by atoms with van der Waals surface area (Å²) in [5, 5.41) is 16.1. The van der Waals surface area contributed by atoms with Crippen LogP contribution >= 0.6 is 11.3 Å². The fourth-order valence-corrected chi connectivity index (χ4v) is 3.93. The van der Waals surface area contributed by atoms with Crippen LogP contribution in [-0.2, 0) is 4.79 Å². The Morgan fingerprint density at radius 1 is 1.20 bits per heavy atom. The molecule has 6 nitrogen and oxygen atoms in total. The number of anilines is 2. The van der Waals surface area contributed by atoms with Gasteiger partial charge in [0.2, 0.25) is 11.0 Å². The third kappa shape index (κ3) is 4.69. The van der Waals surface area contributed by atoms with E-state index >= 15 is 0 Å². The predicted octanol–water partition coefficient (Wildman–Crippen LogP) is 4.03. The standard InChI is InChI=1S/C18H24N4O2S/c1-12(19-14-8-10-15(24-2)11-9-14)16(23)20-18-22-21-17(25-18)13-6-4-3-5-7-13/h8-13,19H,3-7H2,1-2H3,(H,20,22,23). The predicted molar refractivity (Wildman–Crippen MR) is 100 cm³/mol. The average Bonchev–Trinajstić information content (AvgIpc) is 3.11. The smallest absolute Gasteiger partial charge is 0.248 e. The number of hydrogen-bond donors (Lipinski definition) is 2. The highest BCUT2D eigenvalue weighted by atomic mass is 32.1. The Balaban J connectivity index is 1.54. The van der Waals surface area contributed by atoms with Crippen LogP contribution < -0.4 is 15.4 Å². The Labute approximate surface area is 152 Å². The SMILES string of the molecule is COc1ccc(NC(C)C(=O)Nc2nnc(C3CCCCC3)s2)cc1. The molecule has 0 aliphatic heterocycles. The molecule has 7 heteroatoms. The van der Waals surface area contributed by atoms with Crippen molar-refractivity contribution in [3.63, 3.8) is 0 Å². The molecule has 1 aliphatic rings. The number of hydrogen-bond acceptors (Lipinski definition) is 6. The van der Waals surface area contributed by atoms with Gasteiger partial charge in [-0.1, -0.05) is 30.6 Å². The minimum atomic E-state index is -0.379. The zero-order valence-electron chi connectivity index (χ0n) is 14.6. The fraction of sp³-hybridized carbons (Fsp3) is 0.500. The molecule has 134 valence electrons. The largest absolute Gasteiger partial charge is 0.497 e. The van der Waals surface area contributed by atoms with Crippen LogP contribution in [0, 0.1) is 0 Å². The maximum absolute atomic E-state index is 12.4. The molecule has 0 saturated heterocycles. The molecule has 2 aromatic rings. The number of nitrogens with zero attached hydrogens (tertiary/aromatic N) is 2. The molecule has 1 atom stereocenters. The van der Waals surface area contributed by atoms with Gasteiger partial charge in [-0.15, -0.1) is 10.2 Å². The molecule has 1 amide bonds. The first-order valence-electron chi connectivity index (χ1n) is 8.70. The third-order valence-electron chi connectivity index (χ3n) is 4.49. The van der Waals surface area contributed by atoms with E-state index in [1.54, 1.807) is 7.11 Å². The summed E-state index contributed by atoms with van der Waals surface area (Å²) in [6.45, 7) is 1.82. The molecule has 0 spiro atoms. The zero-order chi connectivity index (χ0) is 17.6. The lowest BCUT2D eigenvalue weighted by Crippen LogP contribution is -2.31. The first kappa shape index (κ1) is 17.7. The number of carbonyl (C=O) groups is 1. The summed E-state index contributed by atoms with van der Waals surface area (Å²) in [5.41, 5.74) is 0.864. The van der Waals surface area contributed by atoms with Crippen LogP contribution in [0.4, 0.5) is 10.8 Å². The van der Waals surface area contributed by atoms with E-state index in [0.717, 1.165) is 16.4 Å². The fourth-order valence-electron chi connectivity index (χ4n) is 3.02. The number of benzene rings is 1. The van der Waals surface area contributed by atoms with Gasteiger partial charge in [0, 0.05) is 11.6 Å². The van der Waals surface area contributed by atoms with Crippen molar-refractivity contribution in [3.05, 3.63) is 29.3 Å². The van der Waals surface area contributed by atoms with Gasteiger partial charge in [-0.05, 0) is 44.0 Å². The summed E-state index contributed by atoms with van der Waals surface area (Å²) in [6.07, 6.45) is 6.19. The highest BCUT2D eigenvalue weighted by Crippen LogP contribution is 2.35. The number of methoxy groups -OCH3 is 1. The summed E-state index contributed by atoms with van der Waals surface area (Å²) >= 11 is 1.50. The molecule has 0 bridgehead atoms. The molecule has 1 aliphatic carbocycles.